The molecule has 0 spiro atoms. The summed E-state index contributed by atoms with van der Waals surface area (Å²) in [5.74, 6) is 1.62. The van der Waals surface area contributed by atoms with Gasteiger partial charge < -0.3 is 10.2 Å². The highest BCUT2D eigenvalue weighted by Gasteiger charge is 2.35. The summed E-state index contributed by atoms with van der Waals surface area (Å²) in [7, 11) is 0. The van der Waals surface area contributed by atoms with E-state index in [4.69, 9.17) is 0 Å². The van der Waals surface area contributed by atoms with Gasteiger partial charge in [-0.05, 0) is 44.4 Å². The zero-order valence-electron chi connectivity index (χ0n) is 13.5. The second-order valence-corrected chi connectivity index (χ2v) is 6.89. The zero-order chi connectivity index (χ0) is 14.5. The van der Waals surface area contributed by atoms with E-state index in [1.165, 1.54) is 19.3 Å². The molecule has 1 saturated carbocycles. The Bertz CT molecular complexity index is 306. The number of amides is 1. The third kappa shape index (κ3) is 4.47. The molecule has 2 atom stereocenters. The molecule has 1 heterocycles. The monoisotopic (exact) mass is 280 g/mol. The molecule has 1 aliphatic heterocycles. The van der Waals surface area contributed by atoms with Crippen molar-refractivity contribution in [2.75, 3.05) is 13.1 Å². The molecule has 0 aromatic rings. The number of hydrogen-bond acceptors (Lipinski definition) is 2. The molecule has 2 unspecified atom stereocenters. The summed E-state index contributed by atoms with van der Waals surface area (Å²) < 4.78 is 0. The van der Waals surface area contributed by atoms with Crippen LogP contribution in [0.2, 0.25) is 0 Å². The molecular weight excluding hydrogens is 248 g/mol. The van der Waals surface area contributed by atoms with Gasteiger partial charge in [-0.2, -0.15) is 0 Å². The lowest BCUT2D eigenvalue weighted by atomic mass is 9.95. The lowest BCUT2D eigenvalue weighted by molar-refractivity contribution is -0.133. The van der Waals surface area contributed by atoms with Gasteiger partial charge in [-0.25, -0.2) is 0 Å². The number of rotatable bonds is 7. The Morgan fingerprint density at radius 3 is 2.30 bits per heavy atom. The lowest BCUT2D eigenvalue weighted by Gasteiger charge is -2.35. The Hall–Kier alpha value is -0.570. The summed E-state index contributed by atoms with van der Waals surface area (Å²) >= 11 is 0. The van der Waals surface area contributed by atoms with Crippen molar-refractivity contribution in [2.45, 2.75) is 77.8 Å². The average Bonchev–Trinajstić information content (AvgIpc) is 3.31. The van der Waals surface area contributed by atoms with Gasteiger partial charge in [-0.1, -0.05) is 27.2 Å². The van der Waals surface area contributed by atoms with Crippen molar-refractivity contribution in [1.29, 1.82) is 0 Å². The Balaban J connectivity index is 1.71. The molecule has 0 aromatic heterocycles. The summed E-state index contributed by atoms with van der Waals surface area (Å²) in [6.07, 6.45) is 8.30. The molecule has 1 aliphatic carbocycles. The summed E-state index contributed by atoms with van der Waals surface area (Å²) in [4.78, 5) is 14.1. The number of nitrogens with one attached hydrogen (secondary N) is 1. The second kappa shape index (κ2) is 7.44. The fraction of sp³-hybridized carbons (Fsp3) is 0.941. The summed E-state index contributed by atoms with van der Waals surface area (Å²) in [6.45, 7) is 8.84. The van der Waals surface area contributed by atoms with E-state index in [1.54, 1.807) is 0 Å². The molecule has 1 amide bonds. The molecule has 20 heavy (non-hydrogen) atoms. The van der Waals surface area contributed by atoms with Gasteiger partial charge in [0.1, 0.15) is 0 Å². The molecule has 1 saturated heterocycles. The van der Waals surface area contributed by atoms with E-state index >= 15 is 0 Å². The minimum absolute atomic E-state index is 0.383. The molecule has 0 aromatic carbocycles. The van der Waals surface area contributed by atoms with Crippen LogP contribution in [0.5, 0.6) is 0 Å². The van der Waals surface area contributed by atoms with E-state index in [-0.39, 0.29) is 0 Å². The van der Waals surface area contributed by atoms with Crippen LogP contribution in [0.4, 0.5) is 0 Å². The predicted octanol–water partition coefficient (Wildman–Crippen LogP) is 3.19. The van der Waals surface area contributed by atoms with Crippen molar-refractivity contribution in [3.8, 4) is 0 Å². The van der Waals surface area contributed by atoms with Gasteiger partial charge in [0.05, 0.1) is 0 Å². The summed E-state index contributed by atoms with van der Waals surface area (Å²) in [6, 6.07) is 1.27. The number of likely N-dealkylation sites (tertiary alicyclic amines) is 1. The zero-order valence-corrected chi connectivity index (χ0v) is 13.5. The number of piperidine rings is 1. The van der Waals surface area contributed by atoms with E-state index < -0.39 is 0 Å². The Labute approximate surface area is 124 Å². The predicted molar refractivity (Wildman–Crippen MR) is 83.6 cm³/mol. The molecule has 0 radical (unpaired) electrons. The quantitative estimate of drug-likeness (QED) is 0.777. The first-order valence-electron chi connectivity index (χ1n) is 8.68. The van der Waals surface area contributed by atoms with Crippen molar-refractivity contribution in [1.82, 2.24) is 10.2 Å². The largest absolute Gasteiger partial charge is 0.342 e. The van der Waals surface area contributed by atoms with E-state index in [0.717, 1.165) is 44.7 Å². The van der Waals surface area contributed by atoms with Gasteiger partial charge in [0.15, 0.2) is 0 Å². The topological polar surface area (TPSA) is 32.3 Å². The lowest BCUT2D eigenvalue weighted by Crippen LogP contribution is -2.48. The molecule has 2 rings (SSSR count). The number of carbonyl (C=O) groups excluding carboxylic acids is 1. The number of nitrogens with zero attached hydrogens (tertiary/aromatic N) is 1. The van der Waals surface area contributed by atoms with Gasteiger partial charge >= 0.3 is 0 Å². The maximum absolute atomic E-state index is 12.0. The van der Waals surface area contributed by atoms with Gasteiger partial charge in [-0.3, -0.25) is 4.79 Å². The molecular formula is C17H32N2O. The Morgan fingerprint density at radius 2 is 1.80 bits per heavy atom. The third-order valence-corrected chi connectivity index (χ3v) is 5.08. The van der Waals surface area contributed by atoms with Crippen LogP contribution in [0.15, 0.2) is 0 Å². The number of carbonyl (C=O) groups is 1. The highest BCUT2D eigenvalue weighted by atomic mass is 16.2. The second-order valence-electron chi connectivity index (χ2n) is 6.89. The highest BCUT2D eigenvalue weighted by Crippen LogP contribution is 2.32. The first-order chi connectivity index (χ1) is 9.63. The van der Waals surface area contributed by atoms with E-state index in [9.17, 15) is 4.79 Å². The van der Waals surface area contributed by atoms with Crippen molar-refractivity contribution in [3.63, 3.8) is 0 Å². The minimum Gasteiger partial charge on any atom is -0.342 e. The summed E-state index contributed by atoms with van der Waals surface area (Å²) in [5, 5.41) is 3.84. The normalized spacial score (nSPS) is 23.6. The molecule has 0 bridgehead atoms. The highest BCUT2D eigenvalue weighted by molar-refractivity contribution is 5.81. The molecule has 2 aliphatic rings. The van der Waals surface area contributed by atoms with Crippen LogP contribution in [0.3, 0.4) is 0 Å². The smallest absolute Gasteiger partial charge is 0.225 e. The molecule has 3 heteroatoms. The maximum Gasteiger partial charge on any atom is 0.225 e. The van der Waals surface area contributed by atoms with Gasteiger partial charge in [-0.15, -0.1) is 0 Å². The van der Waals surface area contributed by atoms with Crippen molar-refractivity contribution < 1.29 is 4.79 Å². The average molecular weight is 280 g/mol. The summed E-state index contributed by atoms with van der Waals surface area (Å²) in [5.41, 5.74) is 0. The van der Waals surface area contributed by atoms with Gasteiger partial charge in [0, 0.05) is 31.1 Å². The van der Waals surface area contributed by atoms with Crippen molar-refractivity contribution >= 4 is 5.91 Å². The van der Waals surface area contributed by atoms with Crippen LogP contribution in [0.25, 0.3) is 0 Å². The van der Waals surface area contributed by atoms with Crippen LogP contribution in [0.1, 0.15) is 65.7 Å². The fourth-order valence-electron chi connectivity index (χ4n) is 3.19. The van der Waals surface area contributed by atoms with Crippen LogP contribution < -0.4 is 5.32 Å². The first-order valence-corrected chi connectivity index (χ1v) is 8.68. The van der Waals surface area contributed by atoms with E-state index in [0.29, 0.717) is 23.9 Å². The van der Waals surface area contributed by atoms with Crippen molar-refractivity contribution in [3.05, 3.63) is 0 Å². The van der Waals surface area contributed by atoms with Crippen LogP contribution in [-0.4, -0.2) is 36.0 Å². The van der Waals surface area contributed by atoms with Crippen LogP contribution in [0, 0.1) is 11.8 Å². The third-order valence-electron chi connectivity index (χ3n) is 5.08. The number of hydrogen-bond donors (Lipinski definition) is 1. The van der Waals surface area contributed by atoms with E-state index in [1.807, 2.05) is 0 Å². The minimum atomic E-state index is 0.383. The molecule has 1 N–H and O–H groups in total. The Morgan fingerprint density at radius 1 is 1.15 bits per heavy atom. The van der Waals surface area contributed by atoms with Crippen LogP contribution >= 0.6 is 0 Å². The fourth-order valence-corrected chi connectivity index (χ4v) is 3.19. The Kier molecular flexibility index (Phi) is 5.88. The standard InChI is InChI=1S/C17H32N2O/c1-4-13(3)12-15(5-2)18-16-8-10-19(11-9-16)17(20)14-6-7-14/h13-16,18H,4-12H2,1-3H3. The SMILES string of the molecule is CCC(C)CC(CC)NC1CCN(C(=O)C2CC2)CC1. The van der Waals surface area contributed by atoms with Crippen molar-refractivity contribution in [2.24, 2.45) is 11.8 Å². The van der Waals surface area contributed by atoms with Gasteiger partial charge in [0.25, 0.3) is 0 Å². The maximum atomic E-state index is 12.0. The molecule has 116 valence electrons. The van der Waals surface area contributed by atoms with E-state index in [2.05, 4.69) is 31.0 Å². The molecule has 3 nitrogen and oxygen atoms in total. The van der Waals surface area contributed by atoms with Gasteiger partial charge in [0.2, 0.25) is 5.91 Å². The molecule has 2 fully saturated rings. The first kappa shape index (κ1) is 15.8. The van der Waals surface area contributed by atoms with Crippen LogP contribution in [-0.2, 0) is 4.79 Å².